The average Bonchev–Trinajstić information content (AvgIpc) is 3.38. The molecule has 2 amide bonds. The number of ether oxygens (including phenoxy) is 2. The van der Waals surface area contributed by atoms with E-state index in [0.29, 0.717) is 27.8 Å². The van der Waals surface area contributed by atoms with Crippen molar-refractivity contribution in [3.8, 4) is 11.5 Å². The van der Waals surface area contributed by atoms with Gasteiger partial charge in [0, 0.05) is 18.0 Å². The number of hydrogen-bond donors (Lipinski definition) is 1. The van der Waals surface area contributed by atoms with Crippen LogP contribution in [0, 0.1) is 6.92 Å². The van der Waals surface area contributed by atoms with E-state index in [1.54, 1.807) is 18.0 Å². The van der Waals surface area contributed by atoms with Gasteiger partial charge in [-0.3, -0.25) is 9.59 Å². The summed E-state index contributed by atoms with van der Waals surface area (Å²) in [6.07, 6.45) is 0. The molecule has 0 saturated heterocycles. The maximum absolute atomic E-state index is 13.5. The highest BCUT2D eigenvalue weighted by molar-refractivity contribution is 7.13. The van der Waals surface area contributed by atoms with Crippen molar-refractivity contribution >= 4 is 28.3 Å². The second-order valence-corrected chi connectivity index (χ2v) is 8.18. The molecule has 0 unspecified atom stereocenters. The summed E-state index contributed by atoms with van der Waals surface area (Å²) in [5.74, 6) is 0.333. The quantitative estimate of drug-likeness (QED) is 0.697. The van der Waals surface area contributed by atoms with E-state index in [-0.39, 0.29) is 18.6 Å². The van der Waals surface area contributed by atoms with Crippen LogP contribution < -0.4 is 14.8 Å². The highest BCUT2D eigenvalue weighted by Crippen LogP contribution is 2.45. The number of carbonyl (C=O) groups is 2. The van der Waals surface area contributed by atoms with Crippen LogP contribution in [-0.4, -0.2) is 35.5 Å². The fourth-order valence-electron chi connectivity index (χ4n) is 4.07. The summed E-state index contributed by atoms with van der Waals surface area (Å²) in [5, 5.41) is 5.36. The van der Waals surface area contributed by atoms with Crippen LogP contribution in [0.2, 0.25) is 0 Å². The Hall–Kier alpha value is -3.39. The summed E-state index contributed by atoms with van der Waals surface area (Å²) in [6, 6.07) is 12.3. The Morgan fingerprint density at radius 2 is 2.00 bits per heavy atom. The molecule has 3 heterocycles. The largest absolute Gasteiger partial charge is 0.454 e. The van der Waals surface area contributed by atoms with E-state index in [9.17, 15) is 9.59 Å². The van der Waals surface area contributed by atoms with Gasteiger partial charge in [-0.15, -0.1) is 11.3 Å². The minimum Gasteiger partial charge on any atom is -0.454 e. The third-order valence-electron chi connectivity index (χ3n) is 5.45. The summed E-state index contributed by atoms with van der Waals surface area (Å²) in [7, 11) is 1.72. The van der Waals surface area contributed by atoms with Gasteiger partial charge in [0.15, 0.2) is 16.6 Å². The maximum atomic E-state index is 13.5. The van der Waals surface area contributed by atoms with Crippen molar-refractivity contribution in [1.29, 1.82) is 0 Å². The number of carbonyl (C=O) groups excluding carboxylic acids is 2. The molecule has 2 aliphatic heterocycles. The number of amides is 2. The normalized spacial score (nSPS) is 19.5. The lowest BCUT2D eigenvalue weighted by atomic mass is 9.79. The number of aromatic nitrogens is 1. The number of anilines is 1. The van der Waals surface area contributed by atoms with Crippen molar-refractivity contribution in [3.05, 3.63) is 70.2 Å². The van der Waals surface area contributed by atoms with Crippen molar-refractivity contribution in [3.63, 3.8) is 0 Å². The lowest BCUT2D eigenvalue weighted by Gasteiger charge is -2.39. The molecule has 1 aromatic heterocycles. The molecule has 0 radical (unpaired) electrons. The van der Waals surface area contributed by atoms with Crippen LogP contribution >= 0.6 is 11.3 Å². The van der Waals surface area contributed by atoms with E-state index in [1.165, 1.54) is 11.3 Å². The monoisotopic (exact) mass is 421 g/mol. The fourth-order valence-corrected chi connectivity index (χ4v) is 4.76. The zero-order valence-corrected chi connectivity index (χ0v) is 17.2. The van der Waals surface area contributed by atoms with E-state index in [2.05, 4.69) is 10.3 Å². The number of likely N-dealkylation sites (N-methyl/N-ethyl adjacent to an activating group) is 1. The van der Waals surface area contributed by atoms with Crippen LogP contribution in [0.3, 0.4) is 0 Å². The summed E-state index contributed by atoms with van der Waals surface area (Å²) in [4.78, 5) is 32.5. The van der Waals surface area contributed by atoms with Crippen LogP contribution in [0.5, 0.6) is 11.5 Å². The number of hydrogen-bond acceptors (Lipinski definition) is 6. The smallest absolute Gasteiger partial charge is 0.254 e. The summed E-state index contributed by atoms with van der Waals surface area (Å²) < 4.78 is 10.9. The van der Waals surface area contributed by atoms with Gasteiger partial charge >= 0.3 is 0 Å². The fraction of sp³-hybridized carbons (Fsp3) is 0.227. The molecule has 7 nitrogen and oxygen atoms in total. The standard InChI is InChI=1S/C22H19N3O4S/c1-12-10-30-22(23-12)24-20(26)18-14-5-3-4-6-15(14)21(27)25(2)19(18)13-7-8-16-17(9-13)29-11-28-16/h3-10,18-19H,11H2,1-2H3,(H,23,24,26)/t18-,19-/m0/s1. The number of nitrogens with one attached hydrogen (secondary N) is 1. The SMILES string of the molecule is Cc1csc(NC(=O)[C@H]2c3ccccc3C(=O)N(C)[C@H]2c2ccc3c(c2)OCO3)n1. The molecule has 0 saturated carbocycles. The van der Waals surface area contributed by atoms with Crippen LogP contribution in [0.1, 0.15) is 39.1 Å². The number of nitrogens with zero attached hydrogens (tertiary/aromatic N) is 2. The number of fused-ring (bicyclic) bond motifs is 2. The first-order chi connectivity index (χ1) is 14.5. The molecule has 2 aliphatic rings. The van der Waals surface area contributed by atoms with Crippen LogP contribution in [0.25, 0.3) is 0 Å². The molecule has 0 fully saturated rings. The lowest BCUT2D eigenvalue weighted by molar-refractivity contribution is -0.119. The van der Waals surface area contributed by atoms with Gasteiger partial charge in [-0.05, 0) is 36.2 Å². The topological polar surface area (TPSA) is 80.8 Å². The number of benzene rings is 2. The number of thiazole rings is 1. The molecular weight excluding hydrogens is 402 g/mol. The molecule has 1 N–H and O–H groups in total. The van der Waals surface area contributed by atoms with Gasteiger partial charge in [0.2, 0.25) is 12.7 Å². The number of rotatable bonds is 3. The first kappa shape index (κ1) is 18.6. The Morgan fingerprint density at radius 1 is 1.20 bits per heavy atom. The predicted molar refractivity (Wildman–Crippen MR) is 112 cm³/mol. The third kappa shape index (κ3) is 3.00. The minimum atomic E-state index is -0.603. The third-order valence-corrected chi connectivity index (χ3v) is 6.32. The second kappa shape index (κ2) is 7.14. The highest BCUT2D eigenvalue weighted by Gasteiger charge is 2.43. The van der Waals surface area contributed by atoms with Gasteiger partial charge in [-0.1, -0.05) is 24.3 Å². The van der Waals surface area contributed by atoms with Crippen LogP contribution in [0.4, 0.5) is 5.13 Å². The molecule has 3 aromatic rings. The first-order valence-electron chi connectivity index (χ1n) is 9.51. The Labute approximate surface area is 177 Å². The molecule has 8 heteroatoms. The Morgan fingerprint density at radius 3 is 2.80 bits per heavy atom. The van der Waals surface area contributed by atoms with E-state index >= 15 is 0 Å². The summed E-state index contributed by atoms with van der Waals surface area (Å²) in [6.45, 7) is 2.04. The summed E-state index contributed by atoms with van der Waals surface area (Å²) in [5.41, 5.74) is 2.89. The van der Waals surface area contributed by atoms with Crippen molar-refractivity contribution in [1.82, 2.24) is 9.88 Å². The van der Waals surface area contributed by atoms with Gasteiger partial charge in [0.1, 0.15) is 0 Å². The Balaban J connectivity index is 1.61. The molecule has 30 heavy (non-hydrogen) atoms. The number of aryl methyl sites for hydroxylation is 1. The van der Waals surface area contributed by atoms with Gasteiger partial charge in [0.05, 0.1) is 17.7 Å². The minimum absolute atomic E-state index is 0.123. The molecule has 152 valence electrons. The Bertz CT molecular complexity index is 1160. The summed E-state index contributed by atoms with van der Waals surface area (Å²) >= 11 is 1.38. The van der Waals surface area contributed by atoms with Crippen molar-refractivity contribution in [2.75, 3.05) is 19.2 Å². The van der Waals surface area contributed by atoms with E-state index in [4.69, 9.17) is 9.47 Å². The van der Waals surface area contributed by atoms with Crippen molar-refractivity contribution < 1.29 is 19.1 Å². The van der Waals surface area contributed by atoms with Crippen molar-refractivity contribution in [2.45, 2.75) is 18.9 Å². The zero-order valence-electron chi connectivity index (χ0n) is 16.4. The lowest BCUT2D eigenvalue weighted by Crippen LogP contribution is -2.44. The van der Waals surface area contributed by atoms with E-state index < -0.39 is 12.0 Å². The van der Waals surface area contributed by atoms with Gasteiger partial charge in [0.25, 0.3) is 5.91 Å². The van der Waals surface area contributed by atoms with Crippen LogP contribution in [0.15, 0.2) is 47.8 Å². The first-order valence-corrected chi connectivity index (χ1v) is 10.4. The predicted octanol–water partition coefficient (Wildman–Crippen LogP) is 3.73. The molecular formula is C22H19N3O4S. The molecule has 5 rings (SSSR count). The maximum Gasteiger partial charge on any atom is 0.254 e. The molecule has 0 spiro atoms. The van der Waals surface area contributed by atoms with Gasteiger partial charge < -0.3 is 19.7 Å². The van der Waals surface area contributed by atoms with E-state index in [0.717, 1.165) is 11.3 Å². The average molecular weight is 421 g/mol. The molecule has 2 aromatic carbocycles. The highest BCUT2D eigenvalue weighted by atomic mass is 32.1. The van der Waals surface area contributed by atoms with E-state index in [1.807, 2.05) is 48.7 Å². The van der Waals surface area contributed by atoms with Gasteiger partial charge in [-0.25, -0.2) is 4.98 Å². The van der Waals surface area contributed by atoms with Crippen LogP contribution in [-0.2, 0) is 4.79 Å². The Kier molecular flexibility index (Phi) is 4.43. The second-order valence-electron chi connectivity index (χ2n) is 7.32. The van der Waals surface area contributed by atoms with Crippen molar-refractivity contribution in [2.24, 2.45) is 0 Å². The molecule has 0 aliphatic carbocycles. The molecule has 0 bridgehead atoms. The molecule has 2 atom stereocenters. The van der Waals surface area contributed by atoms with Gasteiger partial charge in [-0.2, -0.15) is 0 Å². The zero-order chi connectivity index (χ0) is 20.8.